The van der Waals surface area contributed by atoms with E-state index in [1.807, 2.05) is 38.1 Å². The first-order valence-corrected chi connectivity index (χ1v) is 14.4. The molecule has 0 saturated heterocycles. The van der Waals surface area contributed by atoms with Crippen LogP contribution in [-0.2, 0) is 9.53 Å². The Balaban J connectivity index is 1.82. The van der Waals surface area contributed by atoms with Crippen molar-refractivity contribution in [1.82, 2.24) is 9.66 Å². The third-order valence-corrected chi connectivity index (χ3v) is 7.13. The van der Waals surface area contributed by atoms with E-state index in [2.05, 4.69) is 34.9 Å². The first-order valence-electron chi connectivity index (χ1n) is 13.3. The van der Waals surface area contributed by atoms with Crippen molar-refractivity contribution in [2.24, 2.45) is 5.10 Å². The van der Waals surface area contributed by atoms with Gasteiger partial charge in [-0.3, -0.25) is 4.79 Å². The molecule has 0 amide bonds. The van der Waals surface area contributed by atoms with Crippen molar-refractivity contribution in [3.8, 4) is 22.9 Å². The van der Waals surface area contributed by atoms with Crippen molar-refractivity contribution >= 4 is 50.6 Å². The van der Waals surface area contributed by atoms with Crippen molar-refractivity contribution in [2.45, 2.75) is 40.5 Å². The molecule has 0 unspecified atom stereocenters. The Morgan fingerprint density at radius 2 is 1.88 bits per heavy atom. The molecule has 0 aliphatic carbocycles. The fourth-order valence-electron chi connectivity index (χ4n) is 4.33. The van der Waals surface area contributed by atoms with Crippen molar-refractivity contribution in [1.29, 1.82) is 0 Å². The average molecular weight is 641 g/mol. The second kappa shape index (κ2) is 13.3. The van der Waals surface area contributed by atoms with E-state index < -0.39 is 5.97 Å². The SMILES string of the molecule is CCOC(=O)COc1c(Cl)cc(C=Nn2c(-c3cc(C(C)C)c(OCC)cc3C)nc3ccccc3c2=O)cc1Br. The van der Waals surface area contributed by atoms with Crippen molar-refractivity contribution in [3.05, 3.63) is 85.1 Å². The van der Waals surface area contributed by atoms with Gasteiger partial charge in [-0.1, -0.05) is 37.6 Å². The minimum Gasteiger partial charge on any atom is -0.494 e. The maximum absolute atomic E-state index is 13.7. The van der Waals surface area contributed by atoms with E-state index in [0.29, 0.717) is 39.1 Å². The Morgan fingerprint density at radius 3 is 2.56 bits per heavy atom. The highest BCUT2D eigenvalue weighted by Crippen LogP contribution is 2.35. The highest BCUT2D eigenvalue weighted by molar-refractivity contribution is 9.10. The summed E-state index contributed by atoms with van der Waals surface area (Å²) in [6.07, 6.45) is 1.53. The van der Waals surface area contributed by atoms with Gasteiger partial charge in [-0.25, -0.2) is 9.78 Å². The van der Waals surface area contributed by atoms with Gasteiger partial charge in [-0.05, 0) is 95.7 Å². The van der Waals surface area contributed by atoms with E-state index >= 15 is 0 Å². The Hall–Kier alpha value is -3.69. The van der Waals surface area contributed by atoms with Crippen LogP contribution in [0.4, 0.5) is 0 Å². The summed E-state index contributed by atoms with van der Waals surface area (Å²) in [5.74, 6) is 1.21. The summed E-state index contributed by atoms with van der Waals surface area (Å²) in [7, 11) is 0. The number of nitrogens with zero attached hydrogens (tertiary/aromatic N) is 3. The number of hydrogen-bond acceptors (Lipinski definition) is 7. The van der Waals surface area contributed by atoms with Crippen molar-refractivity contribution in [3.63, 3.8) is 0 Å². The lowest BCUT2D eigenvalue weighted by molar-refractivity contribution is -0.145. The second-order valence-electron chi connectivity index (χ2n) is 9.51. The maximum Gasteiger partial charge on any atom is 0.344 e. The molecule has 0 aliphatic rings. The number of carbonyl (C=O) groups is 1. The lowest BCUT2D eigenvalue weighted by Gasteiger charge is -2.18. The van der Waals surface area contributed by atoms with Gasteiger partial charge in [0.1, 0.15) is 5.75 Å². The third-order valence-electron chi connectivity index (χ3n) is 6.26. The fraction of sp³-hybridized carbons (Fsp3) is 0.290. The van der Waals surface area contributed by atoms with E-state index in [4.69, 9.17) is 30.8 Å². The summed E-state index contributed by atoms with van der Waals surface area (Å²) in [6.45, 7) is 10.4. The number of para-hydroxylation sites is 1. The molecule has 41 heavy (non-hydrogen) atoms. The lowest BCUT2D eigenvalue weighted by atomic mass is 9.96. The lowest BCUT2D eigenvalue weighted by Crippen LogP contribution is -2.21. The van der Waals surface area contributed by atoms with Gasteiger partial charge in [0.25, 0.3) is 5.56 Å². The molecule has 0 spiro atoms. The quantitative estimate of drug-likeness (QED) is 0.135. The normalized spacial score (nSPS) is 11.4. The number of carbonyl (C=O) groups excluding carboxylic acids is 1. The number of halogens is 2. The van der Waals surface area contributed by atoms with Crippen LogP contribution in [0.15, 0.2) is 62.9 Å². The molecule has 0 fully saturated rings. The van der Waals surface area contributed by atoms with Crippen molar-refractivity contribution in [2.75, 3.05) is 19.8 Å². The number of esters is 1. The summed E-state index contributed by atoms with van der Waals surface area (Å²) in [5, 5.41) is 5.29. The van der Waals surface area contributed by atoms with E-state index in [0.717, 1.165) is 22.4 Å². The molecule has 0 atom stereocenters. The number of benzene rings is 3. The molecular weight excluding hydrogens is 610 g/mol. The van der Waals surface area contributed by atoms with E-state index in [1.165, 1.54) is 10.9 Å². The Labute approximate surface area is 252 Å². The van der Waals surface area contributed by atoms with Gasteiger partial charge in [0.15, 0.2) is 18.2 Å². The molecule has 4 aromatic rings. The van der Waals surface area contributed by atoms with Gasteiger partial charge < -0.3 is 14.2 Å². The van der Waals surface area contributed by atoms with Crippen LogP contribution in [0.5, 0.6) is 11.5 Å². The molecule has 10 heteroatoms. The third kappa shape index (κ3) is 6.80. The monoisotopic (exact) mass is 639 g/mol. The van der Waals surface area contributed by atoms with Gasteiger partial charge in [0.2, 0.25) is 0 Å². The molecule has 1 heterocycles. The summed E-state index contributed by atoms with van der Waals surface area (Å²) < 4.78 is 18.2. The van der Waals surface area contributed by atoms with Crippen LogP contribution < -0.4 is 15.0 Å². The van der Waals surface area contributed by atoms with Crippen LogP contribution in [0.2, 0.25) is 5.02 Å². The summed E-state index contributed by atoms with van der Waals surface area (Å²) in [4.78, 5) is 30.3. The number of aryl methyl sites for hydroxylation is 1. The number of rotatable bonds is 10. The topological polar surface area (TPSA) is 92.0 Å². The maximum atomic E-state index is 13.7. The van der Waals surface area contributed by atoms with Crippen LogP contribution in [-0.4, -0.2) is 41.7 Å². The highest BCUT2D eigenvalue weighted by Gasteiger charge is 2.19. The van der Waals surface area contributed by atoms with E-state index in [-0.39, 0.29) is 29.7 Å². The van der Waals surface area contributed by atoms with E-state index in [1.54, 1.807) is 31.2 Å². The minimum absolute atomic E-state index is 0.184. The number of aromatic nitrogens is 2. The molecule has 0 bridgehead atoms. The highest BCUT2D eigenvalue weighted by atomic mass is 79.9. The Bertz CT molecular complexity index is 1660. The zero-order chi connectivity index (χ0) is 29.7. The second-order valence-corrected chi connectivity index (χ2v) is 10.8. The molecule has 0 N–H and O–H groups in total. The van der Waals surface area contributed by atoms with Gasteiger partial charge in [-0.15, -0.1) is 0 Å². The zero-order valence-corrected chi connectivity index (χ0v) is 25.9. The fourth-order valence-corrected chi connectivity index (χ4v) is 5.31. The molecule has 214 valence electrons. The molecule has 0 aliphatic heterocycles. The summed E-state index contributed by atoms with van der Waals surface area (Å²) in [5.41, 5.74) is 3.56. The van der Waals surface area contributed by atoms with Gasteiger partial charge >= 0.3 is 5.97 Å². The summed E-state index contributed by atoms with van der Waals surface area (Å²) in [6, 6.07) is 14.6. The first-order chi connectivity index (χ1) is 19.6. The molecular formula is C31H31BrClN3O5. The van der Waals surface area contributed by atoms with E-state index in [9.17, 15) is 9.59 Å². The number of fused-ring (bicyclic) bond motifs is 1. The van der Waals surface area contributed by atoms with Crippen LogP contribution in [0.3, 0.4) is 0 Å². The minimum atomic E-state index is -0.498. The smallest absolute Gasteiger partial charge is 0.344 e. The van der Waals surface area contributed by atoms with Crippen LogP contribution >= 0.6 is 27.5 Å². The number of hydrogen-bond donors (Lipinski definition) is 0. The average Bonchev–Trinajstić information content (AvgIpc) is 2.92. The molecule has 8 nitrogen and oxygen atoms in total. The summed E-state index contributed by atoms with van der Waals surface area (Å²) >= 11 is 9.91. The van der Waals surface area contributed by atoms with Gasteiger partial charge in [-0.2, -0.15) is 9.78 Å². The molecule has 3 aromatic carbocycles. The van der Waals surface area contributed by atoms with Crippen molar-refractivity contribution < 1.29 is 19.0 Å². The number of ether oxygens (including phenoxy) is 3. The van der Waals surface area contributed by atoms with Crippen LogP contribution in [0.1, 0.15) is 50.3 Å². The first kappa shape index (κ1) is 30.3. The predicted octanol–water partition coefficient (Wildman–Crippen LogP) is 7.13. The van der Waals surface area contributed by atoms with Gasteiger partial charge in [0.05, 0.1) is 39.8 Å². The van der Waals surface area contributed by atoms with Crippen LogP contribution in [0, 0.1) is 6.92 Å². The molecule has 0 radical (unpaired) electrons. The predicted molar refractivity (Wildman–Crippen MR) is 166 cm³/mol. The van der Waals surface area contributed by atoms with Gasteiger partial charge in [0, 0.05) is 5.56 Å². The molecule has 0 saturated carbocycles. The molecule has 4 rings (SSSR count). The van der Waals surface area contributed by atoms with Crippen LogP contribution in [0.25, 0.3) is 22.3 Å². The Kier molecular flexibility index (Phi) is 9.83. The Morgan fingerprint density at radius 1 is 1.12 bits per heavy atom. The molecule has 1 aromatic heterocycles. The standard InChI is InChI=1S/C31H31BrClN3O5/c1-6-39-27-12-19(5)23(15-22(27)18(3)4)30-35-26-11-9-8-10-21(26)31(38)36(30)34-16-20-13-24(32)29(25(33)14-20)41-17-28(37)40-7-2/h8-16,18H,6-7,17H2,1-5H3. The zero-order valence-electron chi connectivity index (χ0n) is 23.5. The largest absolute Gasteiger partial charge is 0.494 e.